The predicted octanol–water partition coefficient (Wildman–Crippen LogP) is 1.70. The summed E-state index contributed by atoms with van der Waals surface area (Å²) in [6.45, 7) is 0.389. The summed E-state index contributed by atoms with van der Waals surface area (Å²) < 4.78 is 43.0. The van der Waals surface area contributed by atoms with Gasteiger partial charge in [-0.05, 0) is 24.1 Å². The number of hydrogen-bond acceptors (Lipinski definition) is 8. The third-order valence-corrected chi connectivity index (χ3v) is 7.97. The smallest absolute Gasteiger partial charge is 0.408 e. The van der Waals surface area contributed by atoms with E-state index in [2.05, 4.69) is 5.32 Å². The Hall–Kier alpha value is -3.84. The molecular weight excluding hydrogens is 518 g/mol. The topological polar surface area (TPSA) is 152 Å². The number of carbonyl (C=O) groups is 3. The summed E-state index contributed by atoms with van der Waals surface area (Å²) in [6, 6.07) is 12.0. The van der Waals surface area contributed by atoms with Crippen molar-refractivity contribution in [2.75, 3.05) is 40.4 Å². The number of nitrogens with zero attached hydrogens (tertiary/aromatic N) is 2. The van der Waals surface area contributed by atoms with Gasteiger partial charge in [-0.25, -0.2) is 18.0 Å². The van der Waals surface area contributed by atoms with Gasteiger partial charge in [-0.15, -0.1) is 0 Å². The second-order valence-electron chi connectivity index (χ2n) is 8.44. The second kappa shape index (κ2) is 13.1. The molecule has 2 aromatic rings. The number of carboxylic acid groups (broad SMARTS) is 1. The van der Waals surface area contributed by atoms with Gasteiger partial charge in [-0.2, -0.15) is 4.31 Å². The van der Waals surface area contributed by atoms with Crippen molar-refractivity contribution < 1.29 is 42.1 Å². The van der Waals surface area contributed by atoms with Crippen LogP contribution in [-0.4, -0.2) is 87.1 Å². The van der Waals surface area contributed by atoms with Gasteiger partial charge in [-0.3, -0.25) is 4.79 Å². The minimum absolute atomic E-state index is 0.00454. The Morgan fingerprint density at radius 3 is 2.29 bits per heavy atom. The number of hydrogen-bond donors (Lipinski definition) is 2. The molecule has 0 bridgehead atoms. The van der Waals surface area contributed by atoms with Gasteiger partial charge in [-0.1, -0.05) is 30.3 Å². The van der Waals surface area contributed by atoms with Crippen molar-refractivity contribution in [1.82, 2.24) is 14.5 Å². The van der Waals surface area contributed by atoms with Crippen LogP contribution in [0.5, 0.6) is 11.5 Å². The number of carbonyl (C=O) groups excluding carboxylic acids is 2. The molecule has 2 amide bonds. The summed E-state index contributed by atoms with van der Waals surface area (Å²) >= 11 is 0. The van der Waals surface area contributed by atoms with Crippen LogP contribution in [0.4, 0.5) is 4.79 Å². The molecule has 1 atom stereocenters. The lowest BCUT2D eigenvalue weighted by Crippen LogP contribution is -2.51. The van der Waals surface area contributed by atoms with Crippen LogP contribution in [0.25, 0.3) is 0 Å². The maximum absolute atomic E-state index is 13.2. The molecule has 206 valence electrons. The zero-order valence-corrected chi connectivity index (χ0v) is 22.0. The first-order valence-corrected chi connectivity index (χ1v) is 13.3. The van der Waals surface area contributed by atoms with Crippen LogP contribution < -0.4 is 14.8 Å². The molecule has 1 fully saturated rings. The standard InChI is InChI=1S/C25H31N3O9S/c1-35-19-8-10-22(21(16-19)36-2)38(33,34)28-14-12-27(13-15-28)23(29)11-9-20(24(30)31)26-25(32)37-17-18-6-4-3-5-7-18/h3-8,10,16,20H,9,11-15,17H2,1-2H3,(H,26,32)(H,30,31)/t20-/m0/s1. The number of methoxy groups -OCH3 is 2. The van der Waals surface area contributed by atoms with Crippen LogP contribution in [-0.2, 0) is 31.0 Å². The maximum Gasteiger partial charge on any atom is 0.408 e. The van der Waals surface area contributed by atoms with Gasteiger partial charge in [0, 0.05) is 38.7 Å². The van der Waals surface area contributed by atoms with Crippen LogP contribution in [0.3, 0.4) is 0 Å². The lowest BCUT2D eigenvalue weighted by Gasteiger charge is -2.34. The quantitative estimate of drug-likeness (QED) is 0.427. The molecule has 0 saturated carbocycles. The summed E-state index contributed by atoms with van der Waals surface area (Å²) in [5.74, 6) is -1.03. The molecule has 0 aromatic heterocycles. The number of ether oxygens (including phenoxy) is 3. The first kappa shape index (κ1) is 28.7. The summed E-state index contributed by atoms with van der Waals surface area (Å²) in [5, 5.41) is 11.7. The summed E-state index contributed by atoms with van der Waals surface area (Å²) in [6.07, 6.45) is -1.19. The minimum Gasteiger partial charge on any atom is -0.497 e. The van der Waals surface area contributed by atoms with Gasteiger partial charge in [0.05, 0.1) is 14.2 Å². The number of carboxylic acids is 1. The fraction of sp³-hybridized carbons (Fsp3) is 0.400. The van der Waals surface area contributed by atoms with Gasteiger partial charge in [0.2, 0.25) is 15.9 Å². The van der Waals surface area contributed by atoms with Crippen molar-refractivity contribution in [2.45, 2.75) is 30.4 Å². The lowest BCUT2D eigenvalue weighted by molar-refractivity contribution is -0.140. The van der Waals surface area contributed by atoms with Crippen molar-refractivity contribution in [1.29, 1.82) is 0 Å². The molecule has 3 rings (SSSR count). The number of amides is 2. The van der Waals surface area contributed by atoms with Crippen molar-refractivity contribution in [3.8, 4) is 11.5 Å². The van der Waals surface area contributed by atoms with Crippen molar-refractivity contribution in [3.63, 3.8) is 0 Å². The average molecular weight is 550 g/mol. The molecule has 1 aliphatic heterocycles. The number of aliphatic carboxylic acids is 1. The third kappa shape index (κ3) is 7.35. The highest BCUT2D eigenvalue weighted by Crippen LogP contribution is 2.31. The van der Waals surface area contributed by atoms with E-state index in [4.69, 9.17) is 14.2 Å². The second-order valence-corrected chi connectivity index (χ2v) is 10.3. The highest BCUT2D eigenvalue weighted by atomic mass is 32.2. The number of alkyl carbamates (subject to hydrolysis) is 1. The van der Waals surface area contributed by atoms with Crippen LogP contribution in [0.15, 0.2) is 53.4 Å². The van der Waals surface area contributed by atoms with Crippen LogP contribution >= 0.6 is 0 Å². The zero-order valence-electron chi connectivity index (χ0n) is 21.2. The largest absolute Gasteiger partial charge is 0.497 e. The van der Waals surface area contributed by atoms with Gasteiger partial charge < -0.3 is 29.5 Å². The molecule has 1 heterocycles. The zero-order chi connectivity index (χ0) is 27.7. The minimum atomic E-state index is -3.88. The van der Waals surface area contributed by atoms with Gasteiger partial charge >= 0.3 is 12.1 Å². The molecule has 12 nitrogen and oxygen atoms in total. The molecule has 0 radical (unpaired) electrons. The number of rotatable bonds is 11. The Kier molecular flexibility index (Phi) is 9.91. The third-order valence-electron chi connectivity index (χ3n) is 6.03. The van der Waals surface area contributed by atoms with Crippen molar-refractivity contribution in [2.24, 2.45) is 0 Å². The van der Waals surface area contributed by atoms with Gasteiger partial charge in [0.1, 0.15) is 29.0 Å². The Balaban J connectivity index is 1.50. The highest BCUT2D eigenvalue weighted by molar-refractivity contribution is 7.89. The van der Waals surface area contributed by atoms with Crippen LogP contribution in [0.1, 0.15) is 18.4 Å². The van der Waals surface area contributed by atoms with Crippen LogP contribution in [0.2, 0.25) is 0 Å². The first-order chi connectivity index (χ1) is 18.1. The summed E-state index contributed by atoms with van der Waals surface area (Å²) in [4.78, 5) is 37.8. The molecule has 1 saturated heterocycles. The fourth-order valence-corrected chi connectivity index (χ4v) is 5.45. The molecule has 0 spiro atoms. The van der Waals surface area contributed by atoms with Gasteiger partial charge in [0.25, 0.3) is 0 Å². The van der Waals surface area contributed by atoms with E-state index in [-0.39, 0.29) is 62.2 Å². The van der Waals surface area contributed by atoms with Crippen molar-refractivity contribution >= 4 is 28.0 Å². The van der Waals surface area contributed by atoms with Gasteiger partial charge in [0.15, 0.2) is 0 Å². The van der Waals surface area contributed by atoms with E-state index in [0.29, 0.717) is 5.75 Å². The molecule has 0 aliphatic carbocycles. The fourth-order valence-electron chi connectivity index (χ4n) is 3.90. The molecule has 2 aromatic carbocycles. The molecule has 1 aliphatic rings. The lowest BCUT2D eigenvalue weighted by atomic mass is 10.1. The normalized spacial score (nSPS) is 14.8. The Bertz CT molecular complexity index is 1230. The molecular formula is C25H31N3O9S. The Morgan fingerprint density at radius 2 is 1.68 bits per heavy atom. The van der Waals surface area contributed by atoms with Crippen LogP contribution in [0, 0.1) is 0 Å². The highest BCUT2D eigenvalue weighted by Gasteiger charge is 2.32. The van der Waals surface area contributed by atoms with E-state index in [1.807, 2.05) is 6.07 Å². The Morgan fingerprint density at radius 1 is 1.00 bits per heavy atom. The maximum atomic E-state index is 13.2. The monoisotopic (exact) mass is 549 g/mol. The molecule has 2 N–H and O–H groups in total. The van der Waals surface area contributed by atoms with E-state index in [1.165, 1.54) is 41.6 Å². The summed E-state index contributed by atoms with van der Waals surface area (Å²) in [5.41, 5.74) is 0.747. The predicted molar refractivity (Wildman–Crippen MR) is 135 cm³/mol. The molecule has 0 unspecified atom stereocenters. The number of nitrogens with one attached hydrogen (secondary N) is 1. The SMILES string of the molecule is COc1ccc(S(=O)(=O)N2CCN(C(=O)CC[C@H](NC(=O)OCc3ccccc3)C(=O)O)CC2)c(OC)c1. The Labute approximate surface area is 221 Å². The van der Waals surface area contributed by atoms with E-state index in [9.17, 15) is 27.9 Å². The summed E-state index contributed by atoms with van der Waals surface area (Å²) in [7, 11) is -1.05. The van der Waals surface area contributed by atoms with E-state index in [1.54, 1.807) is 24.3 Å². The molecule has 13 heteroatoms. The number of piperazine rings is 1. The first-order valence-electron chi connectivity index (χ1n) is 11.9. The molecule has 38 heavy (non-hydrogen) atoms. The van der Waals surface area contributed by atoms with E-state index >= 15 is 0 Å². The van der Waals surface area contributed by atoms with Crippen molar-refractivity contribution in [3.05, 3.63) is 54.1 Å². The van der Waals surface area contributed by atoms with E-state index < -0.39 is 28.1 Å². The number of sulfonamides is 1. The number of benzene rings is 2. The van der Waals surface area contributed by atoms with E-state index in [0.717, 1.165) is 5.56 Å². The average Bonchev–Trinajstić information content (AvgIpc) is 2.93.